The third kappa shape index (κ3) is 2.44. The second-order valence-electron chi connectivity index (χ2n) is 5.05. The van der Waals surface area contributed by atoms with E-state index >= 15 is 0 Å². The van der Waals surface area contributed by atoms with Gasteiger partial charge in [-0.25, -0.2) is 0 Å². The zero-order valence-electron chi connectivity index (χ0n) is 10.4. The van der Waals surface area contributed by atoms with Crippen molar-refractivity contribution < 1.29 is 14.7 Å². The molecule has 2 fully saturated rings. The molecule has 3 atom stereocenters. The van der Waals surface area contributed by atoms with E-state index in [1.807, 2.05) is 4.90 Å². The van der Waals surface area contributed by atoms with Crippen LogP contribution in [0, 0.1) is 11.8 Å². The van der Waals surface area contributed by atoms with Crippen molar-refractivity contribution in [1.29, 1.82) is 0 Å². The summed E-state index contributed by atoms with van der Waals surface area (Å²) in [5.74, 6) is -1.47. The molecule has 96 valence electrons. The molecule has 0 aromatic heterocycles. The monoisotopic (exact) mass is 240 g/mol. The topological polar surface area (TPSA) is 60.9 Å². The van der Waals surface area contributed by atoms with Gasteiger partial charge < -0.3 is 10.0 Å². The van der Waals surface area contributed by atoms with E-state index in [0.717, 1.165) is 26.2 Å². The fraction of sp³-hybridized carbons (Fsp3) is 0.833. The van der Waals surface area contributed by atoms with E-state index in [4.69, 9.17) is 5.11 Å². The quantitative estimate of drug-likeness (QED) is 0.768. The molecule has 1 saturated heterocycles. The van der Waals surface area contributed by atoms with Crippen LogP contribution < -0.4 is 0 Å². The summed E-state index contributed by atoms with van der Waals surface area (Å²) >= 11 is 0. The van der Waals surface area contributed by atoms with Gasteiger partial charge in [0.05, 0.1) is 11.8 Å². The van der Waals surface area contributed by atoms with Crippen molar-refractivity contribution >= 4 is 11.9 Å². The predicted octanol–water partition coefficient (Wildman–Crippen LogP) is 0.260. The molecule has 1 aliphatic carbocycles. The molecule has 17 heavy (non-hydrogen) atoms. The van der Waals surface area contributed by atoms with Gasteiger partial charge in [0.1, 0.15) is 0 Å². The lowest BCUT2D eigenvalue weighted by atomic mass is 10.1. The number of carboxylic acids is 1. The molecule has 1 aliphatic heterocycles. The van der Waals surface area contributed by atoms with E-state index < -0.39 is 11.9 Å². The van der Waals surface area contributed by atoms with E-state index in [-0.39, 0.29) is 11.8 Å². The van der Waals surface area contributed by atoms with Gasteiger partial charge in [-0.2, -0.15) is 0 Å². The average molecular weight is 240 g/mol. The Balaban J connectivity index is 1.88. The Morgan fingerprint density at radius 3 is 2.47 bits per heavy atom. The number of nitrogens with zero attached hydrogens (tertiary/aromatic N) is 2. The number of likely N-dealkylation sites (N-methyl/N-ethyl adjacent to an activating group) is 1. The zero-order valence-corrected chi connectivity index (χ0v) is 10.4. The number of hydrogen-bond donors (Lipinski definition) is 1. The molecule has 0 aromatic rings. The summed E-state index contributed by atoms with van der Waals surface area (Å²) in [7, 11) is 0. The summed E-state index contributed by atoms with van der Waals surface area (Å²) in [4.78, 5) is 27.0. The second-order valence-corrected chi connectivity index (χ2v) is 5.05. The summed E-state index contributed by atoms with van der Waals surface area (Å²) in [6, 6.07) is 0.375. The van der Waals surface area contributed by atoms with E-state index in [1.165, 1.54) is 0 Å². The molecule has 2 aliphatic rings. The first-order chi connectivity index (χ1) is 8.04. The zero-order chi connectivity index (χ0) is 12.6. The number of carboxylic acid groups (broad SMARTS) is 1. The van der Waals surface area contributed by atoms with Crippen LogP contribution in [0.3, 0.4) is 0 Å². The van der Waals surface area contributed by atoms with Gasteiger partial charge in [0.2, 0.25) is 5.91 Å². The summed E-state index contributed by atoms with van der Waals surface area (Å²) in [5, 5.41) is 8.82. The summed E-state index contributed by atoms with van der Waals surface area (Å²) in [6.45, 7) is 7.60. The third-order valence-corrected chi connectivity index (χ3v) is 3.91. The van der Waals surface area contributed by atoms with Crippen LogP contribution in [0.1, 0.15) is 20.3 Å². The Labute approximate surface area is 101 Å². The lowest BCUT2D eigenvalue weighted by Gasteiger charge is -2.39. The Bertz CT molecular complexity index is 332. The van der Waals surface area contributed by atoms with Gasteiger partial charge in [-0.3, -0.25) is 14.5 Å². The average Bonchev–Trinajstić information content (AvgIpc) is 3.08. The van der Waals surface area contributed by atoms with Crippen LogP contribution in [0.25, 0.3) is 0 Å². The largest absolute Gasteiger partial charge is 0.481 e. The Hall–Kier alpha value is -1.10. The SMILES string of the molecule is CCN1CCN(C(=O)C2CC2C(=O)O)CC1C. The number of piperazine rings is 1. The molecular formula is C12H20N2O3. The highest BCUT2D eigenvalue weighted by Crippen LogP contribution is 2.40. The number of hydrogen-bond acceptors (Lipinski definition) is 3. The minimum absolute atomic E-state index is 0.0417. The molecule has 1 heterocycles. The van der Waals surface area contributed by atoms with Crippen molar-refractivity contribution in [3.8, 4) is 0 Å². The Morgan fingerprint density at radius 1 is 1.29 bits per heavy atom. The van der Waals surface area contributed by atoms with Crippen molar-refractivity contribution in [2.45, 2.75) is 26.3 Å². The van der Waals surface area contributed by atoms with Crippen molar-refractivity contribution in [3.63, 3.8) is 0 Å². The lowest BCUT2D eigenvalue weighted by molar-refractivity contribution is -0.142. The number of rotatable bonds is 3. The molecule has 1 amide bonds. The first kappa shape index (κ1) is 12.4. The van der Waals surface area contributed by atoms with Crippen LogP contribution in [0.15, 0.2) is 0 Å². The molecule has 5 nitrogen and oxygen atoms in total. The van der Waals surface area contributed by atoms with Crippen molar-refractivity contribution in [1.82, 2.24) is 9.80 Å². The van der Waals surface area contributed by atoms with Gasteiger partial charge in [-0.1, -0.05) is 6.92 Å². The van der Waals surface area contributed by atoms with Crippen LogP contribution in [0.5, 0.6) is 0 Å². The summed E-state index contributed by atoms with van der Waals surface area (Å²) < 4.78 is 0. The number of amides is 1. The molecule has 3 unspecified atom stereocenters. The lowest BCUT2D eigenvalue weighted by Crippen LogP contribution is -2.53. The smallest absolute Gasteiger partial charge is 0.307 e. The van der Waals surface area contributed by atoms with Crippen LogP contribution in [-0.4, -0.2) is 59.0 Å². The molecule has 0 aromatic carbocycles. The van der Waals surface area contributed by atoms with Crippen molar-refractivity contribution in [3.05, 3.63) is 0 Å². The molecule has 1 N–H and O–H groups in total. The summed E-state index contributed by atoms with van der Waals surface area (Å²) in [5.41, 5.74) is 0. The van der Waals surface area contributed by atoms with Gasteiger partial charge in [-0.15, -0.1) is 0 Å². The highest BCUT2D eigenvalue weighted by Gasteiger charge is 2.50. The van der Waals surface area contributed by atoms with Crippen LogP contribution in [0.2, 0.25) is 0 Å². The third-order valence-electron chi connectivity index (χ3n) is 3.91. The molecule has 0 radical (unpaired) electrons. The molecule has 5 heteroatoms. The first-order valence-corrected chi connectivity index (χ1v) is 6.30. The maximum atomic E-state index is 12.1. The van der Waals surface area contributed by atoms with Crippen LogP contribution in [0.4, 0.5) is 0 Å². The molecular weight excluding hydrogens is 220 g/mol. The van der Waals surface area contributed by atoms with E-state index in [1.54, 1.807) is 0 Å². The minimum Gasteiger partial charge on any atom is -0.481 e. The minimum atomic E-state index is -0.830. The Morgan fingerprint density at radius 2 is 2.00 bits per heavy atom. The Kier molecular flexibility index (Phi) is 3.38. The number of carbonyl (C=O) groups is 2. The molecule has 2 rings (SSSR count). The predicted molar refractivity (Wildman–Crippen MR) is 62.5 cm³/mol. The van der Waals surface area contributed by atoms with Gasteiger partial charge in [0.15, 0.2) is 0 Å². The maximum absolute atomic E-state index is 12.1. The summed E-state index contributed by atoms with van der Waals surface area (Å²) in [6.07, 6.45) is 0.524. The normalized spacial score (nSPS) is 33.5. The van der Waals surface area contributed by atoms with Gasteiger partial charge in [0.25, 0.3) is 0 Å². The van der Waals surface area contributed by atoms with E-state index in [2.05, 4.69) is 18.7 Å². The van der Waals surface area contributed by atoms with Gasteiger partial charge >= 0.3 is 5.97 Å². The molecule has 1 saturated carbocycles. The fourth-order valence-electron chi connectivity index (χ4n) is 2.64. The highest BCUT2D eigenvalue weighted by atomic mass is 16.4. The number of carbonyl (C=O) groups excluding carboxylic acids is 1. The van der Waals surface area contributed by atoms with E-state index in [0.29, 0.717) is 12.5 Å². The number of aliphatic carboxylic acids is 1. The standard InChI is InChI=1S/C12H20N2O3/c1-3-13-4-5-14(7-8(13)2)11(15)9-6-10(9)12(16)17/h8-10H,3-7H2,1-2H3,(H,16,17). The first-order valence-electron chi connectivity index (χ1n) is 6.30. The molecule has 0 spiro atoms. The molecule has 0 bridgehead atoms. The van der Waals surface area contributed by atoms with E-state index in [9.17, 15) is 9.59 Å². The fourth-order valence-corrected chi connectivity index (χ4v) is 2.64. The van der Waals surface area contributed by atoms with Crippen LogP contribution >= 0.6 is 0 Å². The van der Waals surface area contributed by atoms with Crippen LogP contribution in [-0.2, 0) is 9.59 Å². The van der Waals surface area contributed by atoms with Gasteiger partial charge in [-0.05, 0) is 19.9 Å². The maximum Gasteiger partial charge on any atom is 0.307 e. The van der Waals surface area contributed by atoms with Crippen molar-refractivity contribution in [2.75, 3.05) is 26.2 Å². The van der Waals surface area contributed by atoms with Gasteiger partial charge in [0, 0.05) is 25.7 Å². The highest BCUT2D eigenvalue weighted by molar-refractivity contribution is 5.89. The second kappa shape index (κ2) is 4.64. The van der Waals surface area contributed by atoms with Crippen molar-refractivity contribution in [2.24, 2.45) is 11.8 Å².